The first kappa shape index (κ1) is 13.8. The Morgan fingerprint density at radius 2 is 1.62 bits per heavy atom. The van der Waals surface area contributed by atoms with Gasteiger partial charge in [-0.1, -0.05) is 36.8 Å². The molecule has 1 aliphatic heterocycles. The number of likely N-dealkylation sites (tertiary alicyclic amines) is 1. The maximum absolute atomic E-state index is 6.44. The molecule has 2 N–H and O–H groups in total. The molecular formula is C13H20N2Zn. The van der Waals surface area contributed by atoms with Crippen molar-refractivity contribution in [2.75, 3.05) is 13.1 Å². The molecular weight excluding hydrogens is 250 g/mol. The molecule has 1 heterocycles. The monoisotopic (exact) mass is 268 g/mol. The molecule has 1 fully saturated rings. The summed E-state index contributed by atoms with van der Waals surface area (Å²) in [5, 5.41) is 0. The van der Waals surface area contributed by atoms with E-state index in [1.807, 2.05) is 6.07 Å². The van der Waals surface area contributed by atoms with Crippen LogP contribution < -0.4 is 5.73 Å². The molecule has 0 spiro atoms. The number of nitrogens with zero attached hydrogens (tertiary/aromatic N) is 1. The summed E-state index contributed by atoms with van der Waals surface area (Å²) in [4.78, 5) is 2.39. The summed E-state index contributed by atoms with van der Waals surface area (Å²) in [6.45, 7) is 4.37. The number of hydrogen-bond acceptors (Lipinski definition) is 2. The molecule has 0 saturated carbocycles. The number of piperidine rings is 1. The molecule has 1 saturated heterocycles. The SMILES string of the molecule is CC(N)(c1ccccc1)N1CCCCC1.[Zn]. The number of rotatable bonds is 2. The zero-order chi connectivity index (χ0) is 10.7. The zero-order valence-corrected chi connectivity index (χ0v) is 13.1. The van der Waals surface area contributed by atoms with Gasteiger partial charge in [-0.3, -0.25) is 4.90 Å². The summed E-state index contributed by atoms with van der Waals surface area (Å²) in [5.74, 6) is 0. The van der Waals surface area contributed by atoms with Gasteiger partial charge in [-0.05, 0) is 25.3 Å². The molecule has 0 aromatic heterocycles. The first-order valence-electron chi connectivity index (χ1n) is 5.81. The fraction of sp³-hybridized carbons (Fsp3) is 0.538. The molecule has 0 amide bonds. The van der Waals surface area contributed by atoms with Crippen LogP contribution in [-0.4, -0.2) is 18.0 Å². The Kier molecular flexibility index (Phi) is 5.10. The molecule has 0 radical (unpaired) electrons. The fourth-order valence-corrected chi connectivity index (χ4v) is 2.32. The van der Waals surface area contributed by atoms with E-state index in [1.54, 1.807) is 0 Å². The van der Waals surface area contributed by atoms with Gasteiger partial charge in [-0.15, -0.1) is 0 Å². The van der Waals surface area contributed by atoms with Crippen LogP contribution in [0, 0.1) is 0 Å². The van der Waals surface area contributed by atoms with Crippen molar-refractivity contribution >= 4 is 0 Å². The van der Waals surface area contributed by atoms with E-state index < -0.39 is 0 Å². The second kappa shape index (κ2) is 5.90. The van der Waals surface area contributed by atoms with E-state index in [0.29, 0.717) is 0 Å². The Bertz CT molecular complexity index is 305. The van der Waals surface area contributed by atoms with Gasteiger partial charge in [0, 0.05) is 32.6 Å². The van der Waals surface area contributed by atoms with Crippen molar-refractivity contribution in [1.82, 2.24) is 4.90 Å². The average Bonchev–Trinajstić information content (AvgIpc) is 2.31. The normalized spacial score (nSPS) is 20.9. The van der Waals surface area contributed by atoms with Gasteiger partial charge in [-0.25, -0.2) is 0 Å². The van der Waals surface area contributed by atoms with Crippen molar-refractivity contribution in [1.29, 1.82) is 0 Å². The molecule has 0 aliphatic carbocycles. The van der Waals surface area contributed by atoms with Crippen molar-refractivity contribution in [3.05, 3.63) is 35.9 Å². The largest absolute Gasteiger partial charge is 0.310 e. The van der Waals surface area contributed by atoms with Crippen molar-refractivity contribution in [2.24, 2.45) is 5.73 Å². The van der Waals surface area contributed by atoms with Crippen LogP contribution in [0.15, 0.2) is 30.3 Å². The van der Waals surface area contributed by atoms with Crippen LogP contribution >= 0.6 is 0 Å². The molecule has 2 rings (SSSR count). The van der Waals surface area contributed by atoms with E-state index >= 15 is 0 Å². The predicted octanol–water partition coefficient (Wildman–Crippen LogP) is 2.30. The Morgan fingerprint density at radius 1 is 1.06 bits per heavy atom. The van der Waals surface area contributed by atoms with Gasteiger partial charge >= 0.3 is 0 Å². The van der Waals surface area contributed by atoms with E-state index in [9.17, 15) is 0 Å². The zero-order valence-electron chi connectivity index (χ0n) is 10.2. The minimum Gasteiger partial charge on any atom is -0.310 e. The quantitative estimate of drug-likeness (QED) is 0.835. The average molecular weight is 270 g/mol. The van der Waals surface area contributed by atoms with Gasteiger partial charge in [0.25, 0.3) is 0 Å². The van der Waals surface area contributed by atoms with Crippen LogP contribution in [0.5, 0.6) is 0 Å². The van der Waals surface area contributed by atoms with E-state index in [1.165, 1.54) is 24.8 Å². The molecule has 1 atom stereocenters. The molecule has 16 heavy (non-hydrogen) atoms. The van der Waals surface area contributed by atoms with E-state index in [0.717, 1.165) is 13.1 Å². The van der Waals surface area contributed by atoms with Crippen molar-refractivity contribution in [2.45, 2.75) is 31.8 Å². The summed E-state index contributed by atoms with van der Waals surface area (Å²) >= 11 is 0. The third-order valence-corrected chi connectivity index (χ3v) is 3.37. The van der Waals surface area contributed by atoms with Crippen LogP contribution in [0.3, 0.4) is 0 Å². The third kappa shape index (κ3) is 2.91. The molecule has 1 unspecified atom stereocenters. The maximum atomic E-state index is 6.44. The Balaban J connectivity index is 0.00000128. The molecule has 1 aromatic rings. The molecule has 1 aliphatic rings. The molecule has 2 nitrogen and oxygen atoms in total. The molecule has 84 valence electrons. The van der Waals surface area contributed by atoms with E-state index in [-0.39, 0.29) is 25.1 Å². The Hall–Kier alpha value is -0.237. The Labute approximate surface area is 111 Å². The van der Waals surface area contributed by atoms with Crippen molar-refractivity contribution < 1.29 is 19.5 Å². The van der Waals surface area contributed by atoms with Gasteiger partial charge in [0.05, 0.1) is 5.66 Å². The first-order chi connectivity index (χ1) is 7.21. The minimum atomic E-state index is -0.304. The maximum Gasteiger partial charge on any atom is 0.0920 e. The molecule has 0 bridgehead atoms. The van der Waals surface area contributed by atoms with Crippen molar-refractivity contribution in [3.63, 3.8) is 0 Å². The van der Waals surface area contributed by atoms with E-state index in [4.69, 9.17) is 5.73 Å². The summed E-state index contributed by atoms with van der Waals surface area (Å²) in [6.07, 6.45) is 3.90. The smallest absolute Gasteiger partial charge is 0.0920 e. The summed E-state index contributed by atoms with van der Waals surface area (Å²) in [6, 6.07) is 10.4. The van der Waals surface area contributed by atoms with Gasteiger partial charge in [0.2, 0.25) is 0 Å². The summed E-state index contributed by atoms with van der Waals surface area (Å²) in [7, 11) is 0. The standard InChI is InChI=1S/C13H20N2.Zn/c1-13(14,12-8-4-2-5-9-12)15-10-6-3-7-11-15;/h2,4-5,8-9H,3,6-7,10-11,14H2,1H3;. The first-order valence-corrected chi connectivity index (χ1v) is 5.81. The number of benzene rings is 1. The molecule has 3 heteroatoms. The minimum absolute atomic E-state index is 0. The van der Waals surface area contributed by atoms with Gasteiger partial charge in [0.1, 0.15) is 0 Å². The third-order valence-electron chi connectivity index (χ3n) is 3.37. The van der Waals surface area contributed by atoms with Gasteiger partial charge < -0.3 is 5.73 Å². The van der Waals surface area contributed by atoms with Gasteiger partial charge in [0.15, 0.2) is 0 Å². The van der Waals surface area contributed by atoms with E-state index in [2.05, 4.69) is 36.1 Å². The van der Waals surface area contributed by atoms with Gasteiger partial charge in [-0.2, -0.15) is 0 Å². The number of hydrogen-bond donors (Lipinski definition) is 1. The van der Waals surface area contributed by atoms with Crippen LogP contribution in [0.25, 0.3) is 0 Å². The Morgan fingerprint density at radius 3 is 2.19 bits per heavy atom. The topological polar surface area (TPSA) is 29.3 Å². The second-order valence-electron chi connectivity index (χ2n) is 4.56. The predicted molar refractivity (Wildman–Crippen MR) is 63.4 cm³/mol. The van der Waals surface area contributed by atoms with Crippen LogP contribution in [-0.2, 0) is 25.1 Å². The fourth-order valence-electron chi connectivity index (χ4n) is 2.32. The van der Waals surface area contributed by atoms with Crippen LogP contribution in [0.2, 0.25) is 0 Å². The molecule has 1 aromatic carbocycles. The number of nitrogens with two attached hydrogens (primary N) is 1. The van der Waals surface area contributed by atoms with Crippen molar-refractivity contribution in [3.8, 4) is 0 Å². The summed E-state index contributed by atoms with van der Waals surface area (Å²) < 4.78 is 0. The van der Waals surface area contributed by atoms with Crippen LogP contribution in [0.1, 0.15) is 31.7 Å². The van der Waals surface area contributed by atoms with Crippen LogP contribution in [0.4, 0.5) is 0 Å². The summed E-state index contributed by atoms with van der Waals surface area (Å²) in [5.41, 5.74) is 7.35. The second-order valence-corrected chi connectivity index (χ2v) is 4.56.